The Morgan fingerprint density at radius 3 is 3.00 bits per heavy atom. The van der Waals surface area contributed by atoms with Crippen LogP contribution < -0.4 is 5.56 Å². The van der Waals surface area contributed by atoms with Gasteiger partial charge in [-0.25, -0.2) is 4.98 Å². The number of aromatic nitrogens is 2. The Morgan fingerprint density at radius 1 is 1.46 bits per heavy atom. The van der Waals surface area contributed by atoms with Crippen LogP contribution in [0, 0.1) is 0 Å². The van der Waals surface area contributed by atoms with Crippen LogP contribution in [0.1, 0.15) is 24.9 Å². The van der Waals surface area contributed by atoms with Gasteiger partial charge in [-0.15, -0.1) is 34.4 Å². The molecule has 1 N–H and O–H groups in total. The molecule has 0 aromatic carbocycles. The number of carbonyl (C=O) groups is 1. The normalized spacial score (nSPS) is 12.4. The van der Waals surface area contributed by atoms with Crippen LogP contribution in [0.5, 0.6) is 0 Å². The first-order valence-electron chi connectivity index (χ1n) is 7.42. The van der Waals surface area contributed by atoms with E-state index in [1.807, 2.05) is 29.8 Å². The van der Waals surface area contributed by atoms with Crippen LogP contribution in [-0.4, -0.2) is 28.3 Å². The second kappa shape index (κ2) is 7.50. The van der Waals surface area contributed by atoms with Crippen molar-refractivity contribution in [2.75, 3.05) is 12.4 Å². The summed E-state index contributed by atoms with van der Waals surface area (Å²) in [6, 6.07) is 3.96. The minimum atomic E-state index is -0.256. The Morgan fingerprint density at radius 2 is 2.29 bits per heavy atom. The number of thiophene rings is 2. The lowest BCUT2D eigenvalue weighted by atomic mass is 10.2. The summed E-state index contributed by atoms with van der Waals surface area (Å²) in [6.07, 6.45) is 0. The number of esters is 1. The van der Waals surface area contributed by atoms with Crippen molar-refractivity contribution in [2.24, 2.45) is 0 Å². The smallest absolute Gasteiger partial charge is 0.315 e. The third-order valence-electron chi connectivity index (χ3n) is 3.39. The van der Waals surface area contributed by atoms with E-state index in [2.05, 4.69) is 9.97 Å². The highest BCUT2D eigenvalue weighted by Gasteiger charge is 2.17. The zero-order valence-corrected chi connectivity index (χ0v) is 15.6. The van der Waals surface area contributed by atoms with Gasteiger partial charge in [0.2, 0.25) is 0 Å². The van der Waals surface area contributed by atoms with Crippen LogP contribution in [0.4, 0.5) is 0 Å². The van der Waals surface area contributed by atoms with Gasteiger partial charge in [0.25, 0.3) is 5.56 Å². The summed E-state index contributed by atoms with van der Waals surface area (Å²) in [5.41, 5.74) is 0.792. The molecule has 8 heteroatoms. The molecular formula is C16H16N2O3S3. The lowest BCUT2D eigenvalue weighted by Gasteiger charge is -2.10. The highest BCUT2D eigenvalue weighted by atomic mass is 32.2. The Hall–Kier alpha value is -1.64. The van der Waals surface area contributed by atoms with E-state index in [1.54, 1.807) is 18.3 Å². The molecule has 0 aliphatic rings. The number of hydrogen-bond donors (Lipinski definition) is 1. The van der Waals surface area contributed by atoms with E-state index in [-0.39, 0.29) is 22.5 Å². The lowest BCUT2D eigenvalue weighted by molar-refractivity contribution is -0.139. The molecule has 3 heterocycles. The molecule has 0 aliphatic heterocycles. The van der Waals surface area contributed by atoms with Crippen molar-refractivity contribution >= 4 is 50.6 Å². The highest BCUT2D eigenvalue weighted by molar-refractivity contribution is 8.00. The molecule has 1 atom stereocenters. The van der Waals surface area contributed by atoms with Gasteiger partial charge in [-0.2, -0.15) is 0 Å². The fourth-order valence-corrected chi connectivity index (χ4v) is 4.75. The van der Waals surface area contributed by atoms with Gasteiger partial charge < -0.3 is 9.72 Å². The predicted molar refractivity (Wildman–Crippen MR) is 101 cm³/mol. The molecule has 0 saturated heterocycles. The molecule has 5 nitrogen and oxygen atoms in total. The maximum Gasteiger partial charge on any atom is 0.315 e. The van der Waals surface area contributed by atoms with Crippen LogP contribution in [-0.2, 0) is 9.53 Å². The number of H-pyrrole nitrogens is 1. The molecule has 0 amide bonds. The van der Waals surface area contributed by atoms with Crippen molar-refractivity contribution in [3.63, 3.8) is 0 Å². The topological polar surface area (TPSA) is 72.0 Å². The molecule has 3 aromatic rings. The average molecular weight is 381 g/mol. The Kier molecular flexibility index (Phi) is 5.37. The number of nitrogens with one attached hydrogen (secondary N) is 1. The number of nitrogens with zero attached hydrogens (tertiary/aromatic N) is 1. The molecule has 24 heavy (non-hydrogen) atoms. The number of hydrogen-bond acceptors (Lipinski definition) is 7. The van der Waals surface area contributed by atoms with Crippen molar-refractivity contribution < 1.29 is 9.53 Å². The summed E-state index contributed by atoms with van der Waals surface area (Å²) >= 11 is 4.47. The van der Waals surface area contributed by atoms with E-state index in [0.29, 0.717) is 17.8 Å². The zero-order valence-electron chi connectivity index (χ0n) is 13.2. The summed E-state index contributed by atoms with van der Waals surface area (Å²) in [5, 5.41) is 4.49. The van der Waals surface area contributed by atoms with E-state index >= 15 is 0 Å². The van der Waals surface area contributed by atoms with E-state index in [1.165, 1.54) is 23.1 Å². The maximum atomic E-state index is 12.5. The number of carbonyl (C=O) groups excluding carboxylic acids is 1. The second-order valence-corrected chi connectivity index (χ2v) is 8.15. The maximum absolute atomic E-state index is 12.5. The van der Waals surface area contributed by atoms with Crippen molar-refractivity contribution in [2.45, 2.75) is 19.1 Å². The summed E-state index contributed by atoms with van der Waals surface area (Å²) in [6.45, 7) is 4.07. The fraction of sp³-hybridized carbons (Fsp3) is 0.312. The van der Waals surface area contributed by atoms with E-state index in [0.717, 1.165) is 15.3 Å². The SMILES string of the molecule is CCOC(=O)CSC(C)c1nc2scc(-c3cccs3)c2c(=O)[nH]1. The lowest BCUT2D eigenvalue weighted by Crippen LogP contribution is -2.13. The molecule has 0 radical (unpaired) electrons. The molecule has 3 aromatic heterocycles. The first-order valence-corrected chi connectivity index (χ1v) is 10.2. The van der Waals surface area contributed by atoms with Crippen LogP contribution >= 0.6 is 34.4 Å². The summed E-state index contributed by atoms with van der Waals surface area (Å²) < 4.78 is 4.92. The standard InChI is InChI=1S/C16H16N2O3S3/c1-3-21-12(19)8-23-9(2)14-17-15(20)13-10(7-24-16(13)18-14)11-5-4-6-22-11/h4-7,9H,3,8H2,1-2H3,(H,17,18,20). The fourth-order valence-electron chi connectivity index (χ4n) is 2.25. The van der Waals surface area contributed by atoms with Crippen LogP contribution in [0.25, 0.3) is 20.7 Å². The molecule has 0 bridgehead atoms. The third-order valence-corrected chi connectivity index (χ3v) is 6.29. The van der Waals surface area contributed by atoms with Gasteiger partial charge in [0.05, 0.1) is 23.0 Å². The molecule has 0 spiro atoms. The van der Waals surface area contributed by atoms with E-state index in [4.69, 9.17) is 4.74 Å². The van der Waals surface area contributed by atoms with Gasteiger partial charge >= 0.3 is 5.97 Å². The first-order chi connectivity index (χ1) is 11.6. The number of ether oxygens (including phenoxy) is 1. The van der Waals surface area contributed by atoms with Gasteiger partial charge in [0, 0.05) is 15.8 Å². The van der Waals surface area contributed by atoms with Gasteiger partial charge in [0.15, 0.2) is 0 Å². The van der Waals surface area contributed by atoms with Crippen molar-refractivity contribution in [1.29, 1.82) is 0 Å². The molecule has 0 fully saturated rings. The first kappa shape index (κ1) is 17.2. The number of thioether (sulfide) groups is 1. The monoisotopic (exact) mass is 380 g/mol. The van der Waals surface area contributed by atoms with Crippen LogP contribution in [0.2, 0.25) is 0 Å². The minimum Gasteiger partial charge on any atom is -0.465 e. The molecule has 0 aliphatic carbocycles. The third kappa shape index (κ3) is 3.55. The molecule has 126 valence electrons. The Bertz CT molecular complexity index is 899. The van der Waals surface area contributed by atoms with Gasteiger partial charge in [-0.1, -0.05) is 6.07 Å². The second-order valence-electron chi connectivity index (χ2n) is 5.02. The van der Waals surface area contributed by atoms with Crippen LogP contribution in [0.3, 0.4) is 0 Å². The quantitative estimate of drug-likeness (QED) is 0.653. The molecule has 0 saturated carbocycles. The summed E-state index contributed by atoms with van der Waals surface area (Å²) in [5.74, 6) is 0.567. The number of fused-ring (bicyclic) bond motifs is 1. The van der Waals surface area contributed by atoms with Crippen molar-refractivity contribution in [3.8, 4) is 10.4 Å². The number of aromatic amines is 1. The highest BCUT2D eigenvalue weighted by Crippen LogP contribution is 2.34. The Labute approximate surface area is 151 Å². The van der Waals surface area contributed by atoms with Crippen molar-refractivity contribution in [1.82, 2.24) is 9.97 Å². The summed E-state index contributed by atoms with van der Waals surface area (Å²) in [4.78, 5) is 33.2. The van der Waals surface area contributed by atoms with Gasteiger partial charge in [0.1, 0.15) is 10.7 Å². The van der Waals surface area contributed by atoms with Crippen LogP contribution in [0.15, 0.2) is 27.7 Å². The van der Waals surface area contributed by atoms with E-state index in [9.17, 15) is 9.59 Å². The van der Waals surface area contributed by atoms with Gasteiger partial charge in [-0.3, -0.25) is 9.59 Å². The molecule has 1 unspecified atom stereocenters. The minimum absolute atomic E-state index is 0.0983. The van der Waals surface area contributed by atoms with Gasteiger partial charge in [-0.05, 0) is 25.3 Å². The Balaban J connectivity index is 1.86. The van der Waals surface area contributed by atoms with Crippen molar-refractivity contribution in [3.05, 3.63) is 39.1 Å². The largest absolute Gasteiger partial charge is 0.465 e. The number of rotatable bonds is 6. The molecule has 3 rings (SSSR count). The predicted octanol–water partition coefficient (Wildman–Crippen LogP) is 4.07. The average Bonchev–Trinajstić information content (AvgIpc) is 3.21. The van der Waals surface area contributed by atoms with E-state index < -0.39 is 0 Å². The summed E-state index contributed by atoms with van der Waals surface area (Å²) in [7, 11) is 0. The molecular weight excluding hydrogens is 364 g/mol. The zero-order chi connectivity index (χ0) is 17.1.